The fourth-order valence-corrected chi connectivity index (χ4v) is 8.65. The normalized spacial score (nSPS) is 11.3. The fourth-order valence-electron chi connectivity index (χ4n) is 8.65. The third-order valence-electron chi connectivity index (χ3n) is 11.5. The van der Waals surface area contributed by atoms with E-state index in [1.165, 1.54) is 37.9 Å². The van der Waals surface area contributed by atoms with Crippen LogP contribution in [0.15, 0.2) is 206 Å². The van der Waals surface area contributed by atoms with Crippen LogP contribution >= 0.6 is 0 Å². The lowest BCUT2D eigenvalue weighted by Gasteiger charge is -2.17. The van der Waals surface area contributed by atoms with Gasteiger partial charge < -0.3 is 0 Å². The lowest BCUT2D eigenvalue weighted by Crippen LogP contribution is -2.00. The molecule has 1 aromatic heterocycles. The van der Waals surface area contributed by atoms with Gasteiger partial charge in [-0.05, 0) is 94.7 Å². The van der Waals surface area contributed by atoms with E-state index >= 15 is 0 Å². The zero-order chi connectivity index (χ0) is 40.0. The van der Waals surface area contributed by atoms with Crippen LogP contribution in [0.3, 0.4) is 0 Å². The van der Waals surface area contributed by atoms with Gasteiger partial charge in [0.05, 0.1) is 6.57 Å². The largest absolute Gasteiger partial charge is 0.238 e. The first-order chi connectivity index (χ1) is 29.7. The van der Waals surface area contributed by atoms with Crippen molar-refractivity contribution in [2.45, 2.75) is 0 Å². The van der Waals surface area contributed by atoms with Crippen LogP contribution in [-0.4, -0.2) is 15.0 Å². The van der Waals surface area contributed by atoms with E-state index in [9.17, 15) is 0 Å². The molecule has 0 saturated carbocycles. The van der Waals surface area contributed by atoms with E-state index in [4.69, 9.17) is 21.5 Å². The van der Waals surface area contributed by atoms with Crippen LogP contribution in [0.25, 0.3) is 115 Å². The summed E-state index contributed by atoms with van der Waals surface area (Å²) >= 11 is 0. The number of benzene rings is 10. The topological polar surface area (TPSA) is 43.0 Å². The molecular formula is C56H34N4. The van der Waals surface area contributed by atoms with Crippen molar-refractivity contribution in [1.29, 1.82) is 0 Å². The first-order valence-electron chi connectivity index (χ1n) is 20.1. The summed E-state index contributed by atoms with van der Waals surface area (Å²) in [7, 11) is 0. The summed E-state index contributed by atoms with van der Waals surface area (Å²) in [4.78, 5) is 18.8. The van der Waals surface area contributed by atoms with E-state index in [1.54, 1.807) is 0 Å². The lowest BCUT2D eigenvalue weighted by molar-refractivity contribution is 1.07. The SMILES string of the molecule is [C-]#[N+]c1ccc(-c2ccc(-c3cc4c5ccccc5c(-c5cccc(-c6nc(-c7ccccc7)nc(-c7ccccc7)n6)c5)cc4c4ccccc34)cc2)c2ccccc12. The minimum absolute atomic E-state index is 0.629. The molecule has 1 heterocycles. The summed E-state index contributed by atoms with van der Waals surface area (Å²) in [5.74, 6) is 1.91. The Bertz CT molecular complexity index is 3420. The maximum atomic E-state index is 7.68. The maximum Gasteiger partial charge on any atom is 0.194 e. The van der Waals surface area contributed by atoms with Crippen LogP contribution in [-0.2, 0) is 0 Å². The fraction of sp³-hybridized carbons (Fsp3) is 0. The highest BCUT2D eigenvalue weighted by Crippen LogP contribution is 2.43. The molecule has 0 aliphatic carbocycles. The van der Waals surface area contributed by atoms with Gasteiger partial charge in [0.1, 0.15) is 0 Å². The second-order valence-electron chi connectivity index (χ2n) is 15.0. The minimum atomic E-state index is 0.629. The Kier molecular flexibility index (Phi) is 8.50. The van der Waals surface area contributed by atoms with Crippen LogP contribution in [0.2, 0.25) is 0 Å². The molecule has 0 radical (unpaired) electrons. The van der Waals surface area contributed by atoms with E-state index in [0.29, 0.717) is 23.2 Å². The summed E-state index contributed by atoms with van der Waals surface area (Å²) in [6.45, 7) is 7.68. The number of hydrogen-bond acceptors (Lipinski definition) is 3. The summed E-state index contributed by atoms with van der Waals surface area (Å²) < 4.78 is 0. The van der Waals surface area contributed by atoms with E-state index in [0.717, 1.165) is 55.3 Å². The van der Waals surface area contributed by atoms with Crippen molar-refractivity contribution in [3.05, 3.63) is 218 Å². The molecule has 11 aromatic rings. The Balaban J connectivity index is 1.05. The van der Waals surface area contributed by atoms with Gasteiger partial charge in [0.25, 0.3) is 0 Å². The monoisotopic (exact) mass is 762 g/mol. The molecule has 0 saturated heterocycles. The molecule has 0 aliphatic heterocycles. The van der Waals surface area contributed by atoms with Crippen molar-refractivity contribution < 1.29 is 0 Å². The standard InChI is InChI=1S/C56H34N4/c1-57-53-32-31-42(43-21-12-13-26-48(43)53)36-27-29-37(30-28-36)49-34-51-47-25-11-9-23-45(47)50(35-52(51)46-24-10-8-22-44(46)49)40-19-14-20-41(33-40)56-59-54(38-15-4-2-5-16-38)58-55(60-56)39-17-6-3-7-18-39/h2-35H. The molecule has 0 spiro atoms. The number of aromatic nitrogens is 3. The van der Waals surface area contributed by atoms with Crippen molar-refractivity contribution in [3.8, 4) is 67.5 Å². The molecule has 0 unspecified atom stereocenters. The molecule has 4 heteroatoms. The Hall–Kier alpha value is -8.26. The van der Waals surface area contributed by atoms with Gasteiger partial charge in [0, 0.05) is 16.7 Å². The van der Waals surface area contributed by atoms with Crippen molar-refractivity contribution in [2.75, 3.05) is 0 Å². The molecule has 0 N–H and O–H groups in total. The predicted molar refractivity (Wildman–Crippen MR) is 249 cm³/mol. The van der Waals surface area contributed by atoms with Crippen LogP contribution in [0.4, 0.5) is 5.69 Å². The molecule has 11 rings (SSSR count). The van der Waals surface area contributed by atoms with Gasteiger partial charge in [-0.25, -0.2) is 19.8 Å². The first-order valence-corrected chi connectivity index (χ1v) is 20.1. The molecule has 0 bridgehead atoms. The average molecular weight is 763 g/mol. The second kappa shape index (κ2) is 14.6. The number of hydrogen-bond donors (Lipinski definition) is 0. The van der Waals surface area contributed by atoms with Crippen LogP contribution in [0.1, 0.15) is 0 Å². The predicted octanol–water partition coefficient (Wildman–Crippen LogP) is 15.0. The zero-order valence-electron chi connectivity index (χ0n) is 32.4. The van der Waals surface area contributed by atoms with Gasteiger partial charge >= 0.3 is 0 Å². The van der Waals surface area contributed by atoms with E-state index in [-0.39, 0.29) is 0 Å². The minimum Gasteiger partial charge on any atom is -0.238 e. The maximum absolute atomic E-state index is 7.68. The first kappa shape index (κ1) is 34.9. The highest BCUT2D eigenvalue weighted by atomic mass is 15.0. The van der Waals surface area contributed by atoms with E-state index in [2.05, 4.69) is 126 Å². The molecule has 10 aromatic carbocycles. The molecule has 0 amide bonds. The Labute approximate surface area is 347 Å². The quantitative estimate of drug-likeness (QED) is 0.125. The third-order valence-corrected chi connectivity index (χ3v) is 11.5. The summed E-state index contributed by atoms with van der Waals surface area (Å²) in [5, 5.41) is 9.26. The van der Waals surface area contributed by atoms with Gasteiger partial charge in [-0.1, -0.05) is 188 Å². The van der Waals surface area contributed by atoms with E-state index < -0.39 is 0 Å². The highest BCUT2D eigenvalue weighted by molar-refractivity contribution is 6.24. The van der Waals surface area contributed by atoms with Crippen molar-refractivity contribution in [1.82, 2.24) is 15.0 Å². The smallest absolute Gasteiger partial charge is 0.194 e. The molecule has 0 atom stereocenters. The molecule has 0 aliphatic rings. The van der Waals surface area contributed by atoms with Gasteiger partial charge in [0.2, 0.25) is 0 Å². The molecule has 4 nitrogen and oxygen atoms in total. The zero-order valence-corrected chi connectivity index (χ0v) is 32.4. The van der Waals surface area contributed by atoms with Crippen molar-refractivity contribution >= 4 is 48.8 Å². The lowest BCUT2D eigenvalue weighted by atomic mass is 9.87. The van der Waals surface area contributed by atoms with Crippen LogP contribution in [0.5, 0.6) is 0 Å². The number of nitrogens with zero attached hydrogens (tertiary/aromatic N) is 4. The molecular weight excluding hydrogens is 729 g/mol. The Morgan fingerprint density at radius 1 is 0.267 bits per heavy atom. The number of fused-ring (bicyclic) bond motifs is 6. The molecule has 60 heavy (non-hydrogen) atoms. The third kappa shape index (κ3) is 6.05. The summed E-state index contributed by atoms with van der Waals surface area (Å²) in [6.07, 6.45) is 0. The average Bonchev–Trinajstić information content (AvgIpc) is 3.33. The Morgan fingerprint density at radius 3 is 1.20 bits per heavy atom. The van der Waals surface area contributed by atoms with Gasteiger partial charge in [-0.2, -0.15) is 0 Å². The van der Waals surface area contributed by atoms with E-state index in [1.807, 2.05) is 84.9 Å². The van der Waals surface area contributed by atoms with Gasteiger partial charge in [0.15, 0.2) is 23.2 Å². The van der Waals surface area contributed by atoms with Gasteiger partial charge in [-0.15, -0.1) is 0 Å². The molecule has 278 valence electrons. The number of rotatable bonds is 6. The summed E-state index contributed by atoms with van der Waals surface area (Å²) in [6, 6.07) is 72.1. The van der Waals surface area contributed by atoms with Crippen LogP contribution < -0.4 is 0 Å². The van der Waals surface area contributed by atoms with Crippen molar-refractivity contribution in [2.24, 2.45) is 0 Å². The van der Waals surface area contributed by atoms with Crippen LogP contribution in [0, 0.1) is 6.57 Å². The van der Waals surface area contributed by atoms with Gasteiger partial charge in [-0.3, -0.25) is 0 Å². The second-order valence-corrected chi connectivity index (χ2v) is 15.0. The highest BCUT2D eigenvalue weighted by Gasteiger charge is 2.17. The Morgan fingerprint density at radius 2 is 0.667 bits per heavy atom. The van der Waals surface area contributed by atoms with Crippen molar-refractivity contribution in [3.63, 3.8) is 0 Å². The summed E-state index contributed by atoms with van der Waals surface area (Å²) in [5.41, 5.74) is 10.3. The molecule has 0 fully saturated rings.